The number of para-hydroxylation sites is 2. The van der Waals surface area contributed by atoms with E-state index in [1.165, 1.54) is 12.1 Å². The van der Waals surface area contributed by atoms with Crippen LogP contribution < -0.4 is 0 Å². The van der Waals surface area contributed by atoms with E-state index in [1.807, 2.05) is 0 Å². The molecule has 1 heterocycles. The Hall–Kier alpha value is -1.85. The summed E-state index contributed by atoms with van der Waals surface area (Å²) in [7, 11) is 0. The van der Waals surface area contributed by atoms with Gasteiger partial charge in [0, 0.05) is 0 Å². The second kappa shape index (κ2) is 3.08. The van der Waals surface area contributed by atoms with Gasteiger partial charge >= 0.3 is 12.1 Å². The maximum Gasteiger partial charge on any atom is 0.472 e. The SMILES string of the molecule is O=C(n1cnc2ccccc21)C(F)(F)F. The predicted octanol–water partition coefficient (Wildman–Crippen LogP) is 2.24. The lowest BCUT2D eigenvalue weighted by molar-refractivity contribution is -0.0943. The average molecular weight is 214 g/mol. The molecule has 0 aliphatic carbocycles. The number of halogens is 3. The zero-order valence-electron chi connectivity index (χ0n) is 7.32. The van der Waals surface area contributed by atoms with E-state index in [0.717, 1.165) is 6.33 Å². The minimum Gasteiger partial charge on any atom is -0.264 e. The predicted molar refractivity (Wildman–Crippen MR) is 46.4 cm³/mol. The first kappa shape index (κ1) is 9.70. The summed E-state index contributed by atoms with van der Waals surface area (Å²) in [5.74, 6) is -1.93. The quantitative estimate of drug-likeness (QED) is 0.674. The number of imidazole rings is 1. The molecule has 6 heteroatoms. The van der Waals surface area contributed by atoms with E-state index >= 15 is 0 Å². The molecule has 0 unspecified atom stereocenters. The highest BCUT2D eigenvalue weighted by Gasteiger charge is 2.40. The van der Waals surface area contributed by atoms with Crippen LogP contribution in [0.15, 0.2) is 30.6 Å². The number of hydrogen-bond acceptors (Lipinski definition) is 2. The molecule has 1 aromatic carbocycles. The molecule has 0 bridgehead atoms. The number of carbonyl (C=O) groups is 1. The molecular weight excluding hydrogens is 209 g/mol. The monoisotopic (exact) mass is 214 g/mol. The first-order valence-corrected chi connectivity index (χ1v) is 4.04. The normalized spacial score (nSPS) is 11.9. The van der Waals surface area contributed by atoms with Crippen LogP contribution in [0.3, 0.4) is 0 Å². The van der Waals surface area contributed by atoms with Crippen molar-refractivity contribution in [3.05, 3.63) is 30.6 Å². The third-order valence-electron chi connectivity index (χ3n) is 1.91. The summed E-state index contributed by atoms with van der Waals surface area (Å²) in [6, 6.07) is 6.13. The molecule has 15 heavy (non-hydrogen) atoms. The number of aromatic nitrogens is 2. The molecule has 0 N–H and O–H groups in total. The number of alkyl halides is 3. The second-order valence-electron chi connectivity index (χ2n) is 2.91. The fourth-order valence-corrected chi connectivity index (χ4v) is 1.26. The minimum atomic E-state index is -4.89. The molecule has 0 aliphatic heterocycles. The molecule has 0 saturated heterocycles. The van der Waals surface area contributed by atoms with Crippen molar-refractivity contribution in [2.24, 2.45) is 0 Å². The number of hydrogen-bond donors (Lipinski definition) is 0. The van der Waals surface area contributed by atoms with Crippen LogP contribution in [-0.2, 0) is 0 Å². The number of nitrogens with zero attached hydrogens (tertiary/aromatic N) is 2. The molecule has 1 aromatic heterocycles. The molecule has 2 aromatic rings. The van der Waals surface area contributed by atoms with Crippen molar-refractivity contribution in [1.82, 2.24) is 9.55 Å². The lowest BCUT2D eigenvalue weighted by Crippen LogP contribution is -2.28. The second-order valence-corrected chi connectivity index (χ2v) is 2.91. The van der Waals surface area contributed by atoms with E-state index in [0.29, 0.717) is 10.1 Å². The molecule has 0 aliphatic rings. The van der Waals surface area contributed by atoms with Crippen molar-refractivity contribution in [2.75, 3.05) is 0 Å². The Kier molecular flexibility index (Phi) is 1.99. The summed E-state index contributed by atoms with van der Waals surface area (Å²) < 4.78 is 36.9. The van der Waals surface area contributed by atoms with Crippen molar-refractivity contribution >= 4 is 16.9 Å². The third kappa shape index (κ3) is 1.58. The van der Waals surface area contributed by atoms with E-state index in [-0.39, 0.29) is 5.52 Å². The largest absolute Gasteiger partial charge is 0.472 e. The molecular formula is C9H5F3N2O. The highest BCUT2D eigenvalue weighted by Crippen LogP contribution is 2.21. The molecule has 0 saturated carbocycles. The van der Waals surface area contributed by atoms with Gasteiger partial charge in [-0.2, -0.15) is 13.2 Å². The van der Waals surface area contributed by atoms with Crippen LogP contribution in [0.1, 0.15) is 4.79 Å². The lowest BCUT2D eigenvalue weighted by atomic mass is 10.3. The molecule has 0 atom stereocenters. The van der Waals surface area contributed by atoms with Gasteiger partial charge < -0.3 is 0 Å². The minimum absolute atomic E-state index is 0.153. The van der Waals surface area contributed by atoms with Gasteiger partial charge in [0.25, 0.3) is 0 Å². The summed E-state index contributed by atoms with van der Waals surface area (Å²) >= 11 is 0. The smallest absolute Gasteiger partial charge is 0.264 e. The Bertz CT molecular complexity index is 515. The van der Waals surface area contributed by atoms with Gasteiger partial charge in [0.2, 0.25) is 0 Å². The molecule has 3 nitrogen and oxygen atoms in total. The Balaban J connectivity index is 2.58. The molecule has 78 valence electrons. The molecule has 2 rings (SSSR count). The summed E-state index contributed by atoms with van der Waals surface area (Å²) in [6.07, 6.45) is -4.01. The molecule has 0 fully saturated rings. The van der Waals surface area contributed by atoms with Gasteiger partial charge in [-0.1, -0.05) is 12.1 Å². The highest BCUT2D eigenvalue weighted by atomic mass is 19.4. The van der Waals surface area contributed by atoms with Crippen molar-refractivity contribution < 1.29 is 18.0 Å². The summed E-state index contributed by atoms with van der Waals surface area (Å²) in [5.41, 5.74) is 0.509. The first-order valence-electron chi connectivity index (χ1n) is 4.04. The third-order valence-corrected chi connectivity index (χ3v) is 1.91. The van der Waals surface area contributed by atoms with Crippen LogP contribution in [0.25, 0.3) is 11.0 Å². The van der Waals surface area contributed by atoms with Gasteiger partial charge in [-0.25, -0.2) is 4.98 Å². The van der Waals surface area contributed by atoms with Crippen molar-refractivity contribution in [2.45, 2.75) is 6.18 Å². The van der Waals surface area contributed by atoms with Gasteiger partial charge in [0.1, 0.15) is 6.33 Å². The fraction of sp³-hybridized carbons (Fsp3) is 0.111. The van der Waals surface area contributed by atoms with Gasteiger partial charge in [-0.05, 0) is 12.1 Å². The number of fused-ring (bicyclic) bond motifs is 1. The summed E-state index contributed by atoms with van der Waals surface area (Å²) in [4.78, 5) is 14.6. The zero-order chi connectivity index (χ0) is 11.1. The lowest BCUT2D eigenvalue weighted by Gasteiger charge is -2.05. The van der Waals surface area contributed by atoms with Crippen LogP contribution in [-0.4, -0.2) is 21.6 Å². The summed E-state index contributed by atoms with van der Waals surface area (Å²) in [5, 5.41) is 0. The van der Waals surface area contributed by atoms with Crippen molar-refractivity contribution in [1.29, 1.82) is 0 Å². The van der Waals surface area contributed by atoms with Gasteiger partial charge in [-0.15, -0.1) is 0 Å². The standard InChI is InChI=1S/C9H5F3N2O/c10-9(11,12)8(15)14-5-13-6-3-1-2-4-7(6)14/h1-5H. The topological polar surface area (TPSA) is 34.9 Å². The van der Waals surface area contributed by atoms with Crippen molar-refractivity contribution in [3.8, 4) is 0 Å². The maximum absolute atomic E-state index is 12.1. The van der Waals surface area contributed by atoms with Crippen LogP contribution in [0.4, 0.5) is 13.2 Å². The van der Waals surface area contributed by atoms with Crippen LogP contribution in [0.2, 0.25) is 0 Å². The Morgan fingerprint density at radius 3 is 2.60 bits per heavy atom. The molecule has 0 amide bonds. The van der Waals surface area contributed by atoms with Gasteiger partial charge in [0.15, 0.2) is 0 Å². The van der Waals surface area contributed by atoms with E-state index < -0.39 is 12.1 Å². The molecule has 0 spiro atoms. The van der Waals surface area contributed by atoms with Gasteiger partial charge in [0.05, 0.1) is 11.0 Å². The molecule has 0 radical (unpaired) electrons. The Morgan fingerprint density at radius 1 is 1.27 bits per heavy atom. The average Bonchev–Trinajstić information content (AvgIpc) is 2.58. The Morgan fingerprint density at radius 2 is 1.93 bits per heavy atom. The van der Waals surface area contributed by atoms with E-state index in [4.69, 9.17) is 0 Å². The van der Waals surface area contributed by atoms with E-state index in [9.17, 15) is 18.0 Å². The highest BCUT2D eigenvalue weighted by molar-refractivity contribution is 5.93. The van der Waals surface area contributed by atoms with E-state index in [2.05, 4.69) is 4.98 Å². The van der Waals surface area contributed by atoms with Crippen LogP contribution >= 0.6 is 0 Å². The van der Waals surface area contributed by atoms with Crippen molar-refractivity contribution in [3.63, 3.8) is 0 Å². The van der Waals surface area contributed by atoms with Crippen LogP contribution in [0.5, 0.6) is 0 Å². The number of benzene rings is 1. The Labute approximate surface area is 82.1 Å². The fourth-order valence-electron chi connectivity index (χ4n) is 1.26. The van der Waals surface area contributed by atoms with Gasteiger partial charge in [-0.3, -0.25) is 9.36 Å². The van der Waals surface area contributed by atoms with E-state index in [1.54, 1.807) is 12.1 Å². The number of rotatable bonds is 0. The number of carbonyl (C=O) groups excluding carboxylic acids is 1. The first-order chi connectivity index (χ1) is 7.00. The van der Waals surface area contributed by atoms with Crippen LogP contribution in [0, 0.1) is 0 Å². The summed E-state index contributed by atoms with van der Waals surface area (Å²) in [6.45, 7) is 0. The maximum atomic E-state index is 12.1. The zero-order valence-corrected chi connectivity index (χ0v) is 7.32.